The van der Waals surface area contributed by atoms with E-state index in [0.29, 0.717) is 0 Å². The molecule has 17 heavy (non-hydrogen) atoms. The minimum Gasteiger partial charge on any atom is -0.321 e. The van der Waals surface area contributed by atoms with Gasteiger partial charge in [0.2, 0.25) is 0 Å². The first-order valence-electron chi connectivity index (χ1n) is 6.32. The predicted octanol–water partition coefficient (Wildman–Crippen LogP) is 0.879. The molecule has 0 bridgehead atoms. The minimum atomic E-state index is 0.0496. The van der Waals surface area contributed by atoms with Gasteiger partial charge in [0.1, 0.15) is 6.33 Å². The van der Waals surface area contributed by atoms with Crippen molar-refractivity contribution in [2.75, 3.05) is 32.7 Å². The minimum absolute atomic E-state index is 0.0496. The lowest BCUT2D eigenvalue weighted by Gasteiger charge is -2.34. The molecule has 0 atom stereocenters. The number of carbonyl (C=O) groups is 1. The fraction of sp³-hybridized carbons (Fsp3) is 0.667. The van der Waals surface area contributed by atoms with Gasteiger partial charge in [0.05, 0.1) is 0 Å². The SMILES string of the molecule is O=C(N1CCN(CC2CC2)CC1)n1ccnc1. The Morgan fingerprint density at radius 1 is 1.24 bits per heavy atom. The Balaban J connectivity index is 1.52. The van der Waals surface area contributed by atoms with Crippen molar-refractivity contribution in [3.8, 4) is 0 Å². The van der Waals surface area contributed by atoms with Crippen LogP contribution in [0.4, 0.5) is 4.79 Å². The molecule has 5 heteroatoms. The molecule has 1 aliphatic carbocycles. The first-order valence-corrected chi connectivity index (χ1v) is 6.32. The number of aromatic nitrogens is 2. The average molecular weight is 234 g/mol. The van der Waals surface area contributed by atoms with Gasteiger partial charge >= 0.3 is 6.03 Å². The molecule has 0 aromatic carbocycles. The highest BCUT2D eigenvalue weighted by Crippen LogP contribution is 2.29. The lowest BCUT2D eigenvalue weighted by Crippen LogP contribution is -2.50. The number of amides is 1. The molecule has 2 aliphatic rings. The first-order chi connectivity index (χ1) is 8.33. The zero-order valence-corrected chi connectivity index (χ0v) is 9.96. The van der Waals surface area contributed by atoms with Crippen LogP contribution in [0.25, 0.3) is 0 Å². The van der Waals surface area contributed by atoms with Crippen LogP contribution in [-0.4, -0.2) is 58.1 Å². The van der Waals surface area contributed by atoms with Gasteiger partial charge in [-0.3, -0.25) is 9.47 Å². The van der Waals surface area contributed by atoms with E-state index in [1.807, 2.05) is 4.90 Å². The molecule has 1 aliphatic heterocycles. The standard InChI is InChI=1S/C12H18N4O/c17-12(16-4-3-13-10-16)15-7-5-14(6-8-15)9-11-1-2-11/h3-4,10-11H,1-2,5-9H2. The molecule has 92 valence electrons. The highest BCUT2D eigenvalue weighted by Gasteiger charge is 2.27. The molecule has 2 heterocycles. The third kappa shape index (κ3) is 2.49. The Hall–Kier alpha value is -1.36. The zero-order valence-electron chi connectivity index (χ0n) is 9.96. The second kappa shape index (κ2) is 4.49. The summed E-state index contributed by atoms with van der Waals surface area (Å²) >= 11 is 0. The smallest absolute Gasteiger partial charge is 0.321 e. The first kappa shape index (κ1) is 10.8. The van der Waals surface area contributed by atoms with E-state index in [9.17, 15) is 4.79 Å². The molecular formula is C12H18N4O. The lowest BCUT2D eigenvalue weighted by molar-refractivity contribution is 0.137. The molecule has 0 unspecified atom stereocenters. The highest BCUT2D eigenvalue weighted by atomic mass is 16.2. The van der Waals surface area contributed by atoms with Gasteiger partial charge in [-0.25, -0.2) is 9.78 Å². The third-order valence-electron chi connectivity index (χ3n) is 3.58. The largest absolute Gasteiger partial charge is 0.329 e. The Morgan fingerprint density at radius 2 is 2.00 bits per heavy atom. The number of carbonyl (C=O) groups excluding carboxylic acids is 1. The van der Waals surface area contributed by atoms with Crippen LogP contribution in [-0.2, 0) is 0 Å². The van der Waals surface area contributed by atoms with E-state index in [4.69, 9.17) is 0 Å². The number of hydrogen-bond donors (Lipinski definition) is 0. The van der Waals surface area contributed by atoms with Crippen LogP contribution in [0.1, 0.15) is 12.8 Å². The van der Waals surface area contributed by atoms with Crippen LogP contribution in [0.3, 0.4) is 0 Å². The van der Waals surface area contributed by atoms with Crippen molar-refractivity contribution in [2.45, 2.75) is 12.8 Å². The lowest BCUT2D eigenvalue weighted by atomic mass is 10.3. The maximum absolute atomic E-state index is 12.0. The van der Waals surface area contributed by atoms with E-state index in [0.717, 1.165) is 32.1 Å². The maximum atomic E-state index is 12.0. The summed E-state index contributed by atoms with van der Waals surface area (Å²) in [6.07, 6.45) is 7.71. The number of rotatable bonds is 2. The molecule has 2 fully saturated rings. The molecule has 1 saturated heterocycles. The summed E-state index contributed by atoms with van der Waals surface area (Å²) in [5.41, 5.74) is 0. The van der Waals surface area contributed by atoms with Gasteiger partial charge in [0.15, 0.2) is 0 Å². The van der Waals surface area contributed by atoms with Gasteiger partial charge in [-0.1, -0.05) is 0 Å². The van der Waals surface area contributed by atoms with Crippen molar-refractivity contribution in [3.63, 3.8) is 0 Å². The summed E-state index contributed by atoms with van der Waals surface area (Å²) < 4.78 is 1.55. The second-order valence-corrected chi connectivity index (χ2v) is 4.98. The van der Waals surface area contributed by atoms with E-state index >= 15 is 0 Å². The van der Waals surface area contributed by atoms with Gasteiger partial charge in [0.25, 0.3) is 0 Å². The number of piperazine rings is 1. The Morgan fingerprint density at radius 3 is 2.59 bits per heavy atom. The van der Waals surface area contributed by atoms with Crippen molar-refractivity contribution in [1.29, 1.82) is 0 Å². The van der Waals surface area contributed by atoms with Crippen molar-refractivity contribution < 1.29 is 4.79 Å². The molecule has 0 spiro atoms. The van der Waals surface area contributed by atoms with Crippen LogP contribution in [0.2, 0.25) is 0 Å². The monoisotopic (exact) mass is 234 g/mol. The van der Waals surface area contributed by atoms with E-state index < -0.39 is 0 Å². The normalized spacial score (nSPS) is 21.8. The second-order valence-electron chi connectivity index (χ2n) is 4.98. The molecule has 3 rings (SSSR count). The Bertz CT molecular complexity index is 377. The van der Waals surface area contributed by atoms with Crippen LogP contribution in [0.15, 0.2) is 18.7 Å². The van der Waals surface area contributed by atoms with Gasteiger partial charge in [0, 0.05) is 45.1 Å². The topological polar surface area (TPSA) is 41.4 Å². The van der Waals surface area contributed by atoms with Crippen molar-refractivity contribution in [3.05, 3.63) is 18.7 Å². The van der Waals surface area contributed by atoms with E-state index in [1.165, 1.54) is 19.4 Å². The van der Waals surface area contributed by atoms with Crippen molar-refractivity contribution >= 4 is 6.03 Å². The molecular weight excluding hydrogens is 216 g/mol. The van der Waals surface area contributed by atoms with Gasteiger partial charge in [-0.2, -0.15) is 0 Å². The molecule has 0 N–H and O–H groups in total. The summed E-state index contributed by atoms with van der Waals surface area (Å²) in [6.45, 7) is 4.93. The van der Waals surface area contributed by atoms with Crippen molar-refractivity contribution in [1.82, 2.24) is 19.4 Å². The van der Waals surface area contributed by atoms with E-state index in [-0.39, 0.29) is 6.03 Å². The third-order valence-corrected chi connectivity index (χ3v) is 3.58. The van der Waals surface area contributed by atoms with E-state index in [2.05, 4.69) is 9.88 Å². The van der Waals surface area contributed by atoms with Gasteiger partial charge in [-0.15, -0.1) is 0 Å². The number of hydrogen-bond acceptors (Lipinski definition) is 3. The van der Waals surface area contributed by atoms with Gasteiger partial charge < -0.3 is 4.90 Å². The molecule has 1 aromatic heterocycles. The number of imidazole rings is 1. The molecule has 0 radical (unpaired) electrons. The summed E-state index contributed by atoms with van der Waals surface area (Å²) in [6, 6.07) is 0.0496. The summed E-state index contributed by atoms with van der Waals surface area (Å²) in [5.74, 6) is 0.936. The highest BCUT2D eigenvalue weighted by molar-refractivity contribution is 5.76. The van der Waals surface area contributed by atoms with E-state index in [1.54, 1.807) is 23.3 Å². The zero-order chi connectivity index (χ0) is 11.7. The van der Waals surface area contributed by atoms with Crippen molar-refractivity contribution in [2.24, 2.45) is 5.92 Å². The Labute approximate surface area is 101 Å². The molecule has 1 aromatic rings. The quantitative estimate of drug-likeness (QED) is 0.762. The average Bonchev–Trinajstić information content (AvgIpc) is 3.00. The molecule has 1 saturated carbocycles. The van der Waals surface area contributed by atoms with Gasteiger partial charge in [-0.05, 0) is 18.8 Å². The predicted molar refractivity (Wildman–Crippen MR) is 63.8 cm³/mol. The summed E-state index contributed by atoms with van der Waals surface area (Å²) in [4.78, 5) is 20.3. The van der Waals surface area contributed by atoms with Crippen LogP contribution < -0.4 is 0 Å². The summed E-state index contributed by atoms with van der Waals surface area (Å²) in [5, 5.41) is 0. The fourth-order valence-electron chi connectivity index (χ4n) is 2.32. The number of nitrogens with zero attached hydrogens (tertiary/aromatic N) is 4. The molecule has 1 amide bonds. The summed E-state index contributed by atoms with van der Waals surface area (Å²) in [7, 11) is 0. The Kier molecular flexibility index (Phi) is 2.84. The van der Waals surface area contributed by atoms with Crippen LogP contribution in [0.5, 0.6) is 0 Å². The molecule has 5 nitrogen and oxygen atoms in total. The van der Waals surface area contributed by atoms with Crippen LogP contribution >= 0.6 is 0 Å². The maximum Gasteiger partial charge on any atom is 0.329 e. The van der Waals surface area contributed by atoms with Crippen LogP contribution in [0, 0.1) is 5.92 Å². The fourth-order valence-corrected chi connectivity index (χ4v) is 2.32.